The molecule has 3 rings (SSSR count). The lowest BCUT2D eigenvalue weighted by Crippen LogP contribution is -2.42. The Morgan fingerprint density at radius 3 is 2.75 bits per heavy atom. The first-order chi connectivity index (χ1) is 9.69. The Balaban J connectivity index is 2.13. The van der Waals surface area contributed by atoms with Crippen LogP contribution in [0.5, 0.6) is 0 Å². The molecule has 1 saturated carbocycles. The van der Waals surface area contributed by atoms with E-state index in [4.69, 9.17) is 11.6 Å². The van der Waals surface area contributed by atoms with Crippen LogP contribution in [0.4, 0.5) is 0 Å². The zero-order chi connectivity index (χ0) is 14.2. The van der Waals surface area contributed by atoms with Crippen molar-refractivity contribution in [1.82, 2.24) is 9.55 Å². The van der Waals surface area contributed by atoms with Crippen LogP contribution in [0.25, 0.3) is 10.9 Å². The van der Waals surface area contributed by atoms with E-state index in [0.29, 0.717) is 17.8 Å². The first-order valence-corrected chi connectivity index (χ1v) is 8.55. The van der Waals surface area contributed by atoms with E-state index < -0.39 is 0 Å². The van der Waals surface area contributed by atoms with Gasteiger partial charge in [0.25, 0.3) is 5.56 Å². The molecule has 1 aliphatic carbocycles. The van der Waals surface area contributed by atoms with E-state index in [2.05, 4.69) is 11.2 Å². The van der Waals surface area contributed by atoms with E-state index in [-0.39, 0.29) is 16.2 Å². The molecule has 0 unspecified atom stereocenters. The van der Waals surface area contributed by atoms with Crippen molar-refractivity contribution in [2.75, 3.05) is 6.26 Å². The van der Waals surface area contributed by atoms with Crippen molar-refractivity contribution in [3.8, 4) is 0 Å². The van der Waals surface area contributed by atoms with Gasteiger partial charge < -0.3 is 0 Å². The minimum absolute atomic E-state index is 0.0339. The summed E-state index contributed by atoms with van der Waals surface area (Å²) in [5.41, 5.74) is 0.766. The molecule has 0 radical (unpaired) electrons. The van der Waals surface area contributed by atoms with Crippen molar-refractivity contribution >= 4 is 34.3 Å². The normalized spacial score (nSPS) is 17.1. The van der Waals surface area contributed by atoms with Crippen LogP contribution in [0.3, 0.4) is 0 Å². The Bertz CT molecular complexity index is 688. The summed E-state index contributed by atoms with van der Waals surface area (Å²) in [5, 5.41) is 0.678. The lowest BCUT2D eigenvalue weighted by molar-refractivity contribution is 0.315. The van der Waals surface area contributed by atoms with E-state index in [0.717, 1.165) is 18.4 Å². The van der Waals surface area contributed by atoms with Crippen LogP contribution in [-0.2, 0) is 12.4 Å². The van der Waals surface area contributed by atoms with E-state index >= 15 is 0 Å². The number of halogens is 1. The van der Waals surface area contributed by atoms with Crippen molar-refractivity contribution in [2.24, 2.45) is 0 Å². The number of benzene rings is 1. The number of thioether (sulfide) groups is 1. The molecule has 0 amide bonds. The van der Waals surface area contributed by atoms with Gasteiger partial charge in [0.2, 0.25) is 0 Å². The SMILES string of the molecule is CSC1(Cn2c(CCl)nc3ccccc3c2=O)CCC1. The van der Waals surface area contributed by atoms with Gasteiger partial charge >= 0.3 is 0 Å². The second-order valence-corrected chi connectivity index (χ2v) is 6.85. The smallest absolute Gasteiger partial charge is 0.261 e. The van der Waals surface area contributed by atoms with Gasteiger partial charge in [-0.25, -0.2) is 4.98 Å². The molecule has 1 aliphatic rings. The first-order valence-electron chi connectivity index (χ1n) is 6.79. The van der Waals surface area contributed by atoms with Crippen LogP contribution in [-0.4, -0.2) is 20.6 Å². The highest BCUT2D eigenvalue weighted by atomic mass is 35.5. The minimum atomic E-state index is 0.0339. The highest BCUT2D eigenvalue weighted by molar-refractivity contribution is 8.00. The van der Waals surface area contributed by atoms with Crippen LogP contribution in [0.2, 0.25) is 0 Å². The first kappa shape index (κ1) is 14.0. The molecule has 0 aliphatic heterocycles. The van der Waals surface area contributed by atoms with Gasteiger partial charge in [-0.15, -0.1) is 11.6 Å². The number of aromatic nitrogens is 2. The Hall–Kier alpha value is -1.00. The zero-order valence-corrected chi connectivity index (χ0v) is 13.0. The van der Waals surface area contributed by atoms with E-state index in [9.17, 15) is 4.79 Å². The summed E-state index contributed by atoms with van der Waals surface area (Å²) >= 11 is 7.87. The average molecular weight is 309 g/mol. The lowest BCUT2D eigenvalue weighted by atomic mass is 9.84. The fourth-order valence-electron chi connectivity index (χ4n) is 2.77. The summed E-state index contributed by atoms with van der Waals surface area (Å²) in [7, 11) is 0. The summed E-state index contributed by atoms with van der Waals surface area (Å²) in [4.78, 5) is 17.2. The lowest BCUT2D eigenvalue weighted by Gasteiger charge is -2.41. The Morgan fingerprint density at radius 2 is 2.15 bits per heavy atom. The molecule has 0 spiro atoms. The molecule has 0 saturated heterocycles. The Labute approximate surface area is 127 Å². The predicted molar refractivity (Wildman–Crippen MR) is 85.7 cm³/mol. The highest BCUT2D eigenvalue weighted by Gasteiger charge is 2.37. The third kappa shape index (κ3) is 2.25. The van der Waals surface area contributed by atoms with E-state index in [1.807, 2.05) is 36.0 Å². The molecule has 20 heavy (non-hydrogen) atoms. The topological polar surface area (TPSA) is 34.9 Å². The third-order valence-corrected chi connectivity index (χ3v) is 5.85. The van der Waals surface area contributed by atoms with Crippen molar-refractivity contribution in [3.63, 3.8) is 0 Å². The number of rotatable bonds is 4. The number of hydrogen-bond acceptors (Lipinski definition) is 3. The Kier molecular flexibility index (Phi) is 3.78. The molecule has 0 atom stereocenters. The van der Waals surface area contributed by atoms with Crippen LogP contribution >= 0.6 is 23.4 Å². The molecule has 0 bridgehead atoms. The monoisotopic (exact) mass is 308 g/mol. The van der Waals surface area contributed by atoms with Gasteiger partial charge in [0.15, 0.2) is 0 Å². The zero-order valence-electron chi connectivity index (χ0n) is 11.4. The minimum Gasteiger partial charge on any atom is -0.294 e. The number of para-hydroxylation sites is 1. The third-order valence-electron chi connectivity index (χ3n) is 4.20. The average Bonchev–Trinajstić information content (AvgIpc) is 2.44. The molecule has 1 fully saturated rings. The number of nitrogens with zero attached hydrogens (tertiary/aromatic N) is 2. The summed E-state index contributed by atoms with van der Waals surface area (Å²) < 4.78 is 1.97. The van der Waals surface area contributed by atoms with Gasteiger partial charge in [0.1, 0.15) is 5.82 Å². The van der Waals surface area contributed by atoms with Crippen LogP contribution < -0.4 is 5.56 Å². The fraction of sp³-hybridized carbons (Fsp3) is 0.467. The second-order valence-electron chi connectivity index (χ2n) is 5.31. The second kappa shape index (κ2) is 5.41. The molecule has 3 nitrogen and oxygen atoms in total. The molecular formula is C15H17ClN2OS. The van der Waals surface area contributed by atoms with Crippen LogP contribution in [0, 0.1) is 0 Å². The quantitative estimate of drug-likeness (QED) is 0.812. The molecule has 1 aromatic carbocycles. The van der Waals surface area contributed by atoms with Gasteiger partial charge in [0, 0.05) is 11.3 Å². The van der Waals surface area contributed by atoms with Gasteiger partial charge in [-0.05, 0) is 31.2 Å². The van der Waals surface area contributed by atoms with Gasteiger partial charge in [-0.2, -0.15) is 11.8 Å². The van der Waals surface area contributed by atoms with E-state index in [1.54, 1.807) is 4.57 Å². The molecule has 5 heteroatoms. The van der Waals surface area contributed by atoms with Crippen molar-refractivity contribution in [1.29, 1.82) is 0 Å². The van der Waals surface area contributed by atoms with Gasteiger partial charge in [-0.1, -0.05) is 18.6 Å². The summed E-state index contributed by atoms with van der Waals surface area (Å²) in [6.45, 7) is 0.715. The highest BCUT2D eigenvalue weighted by Crippen LogP contribution is 2.44. The molecular weight excluding hydrogens is 292 g/mol. The van der Waals surface area contributed by atoms with Crippen molar-refractivity contribution in [3.05, 3.63) is 40.4 Å². The van der Waals surface area contributed by atoms with Crippen molar-refractivity contribution < 1.29 is 0 Å². The summed E-state index contributed by atoms with van der Waals surface area (Å²) in [6.07, 6.45) is 5.69. The summed E-state index contributed by atoms with van der Waals surface area (Å²) in [6, 6.07) is 7.48. The number of alkyl halides is 1. The Morgan fingerprint density at radius 1 is 1.40 bits per heavy atom. The largest absolute Gasteiger partial charge is 0.294 e. The predicted octanol–water partition coefficient (Wildman–Crippen LogP) is 3.42. The molecule has 2 aromatic rings. The molecule has 1 aromatic heterocycles. The standard InChI is InChI=1S/C15H17ClN2OS/c1-20-15(7-4-8-15)10-18-13(9-16)17-12-6-3-2-5-11(12)14(18)19/h2-3,5-6H,4,7-10H2,1H3. The van der Waals surface area contributed by atoms with Crippen LogP contribution in [0.1, 0.15) is 25.1 Å². The summed E-state index contributed by atoms with van der Waals surface area (Å²) in [5.74, 6) is 0.945. The maximum Gasteiger partial charge on any atom is 0.261 e. The molecule has 106 valence electrons. The molecule has 1 heterocycles. The van der Waals surface area contributed by atoms with Crippen molar-refractivity contribution in [2.45, 2.75) is 36.4 Å². The number of fused-ring (bicyclic) bond motifs is 1. The van der Waals surface area contributed by atoms with Gasteiger partial charge in [0.05, 0.1) is 16.8 Å². The molecule has 0 N–H and O–H groups in total. The maximum absolute atomic E-state index is 12.7. The van der Waals surface area contributed by atoms with Gasteiger partial charge in [-0.3, -0.25) is 9.36 Å². The maximum atomic E-state index is 12.7. The van der Waals surface area contributed by atoms with E-state index in [1.165, 1.54) is 6.42 Å². The van der Waals surface area contributed by atoms with Crippen LogP contribution in [0.15, 0.2) is 29.1 Å². The fourth-order valence-corrected chi connectivity index (χ4v) is 3.92. The number of hydrogen-bond donors (Lipinski definition) is 0.